The molecule has 2 rings (SSSR count). The molecule has 2 aliphatic rings. The molecule has 0 amide bonds. The second-order valence-electron chi connectivity index (χ2n) is 3.42. The molecule has 0 aromatic rings. The van der Waals surface area contributed by atoms with E-state index >= 15 is 0 Å². The fraction of sp³-hybridized carbons (Fsp3) is 0.857. The number of nitrogens with two attached hydrogens (primary N) is 1. The third-order valence-electron chi connectivity index (χ3n) is 2.56. The van der Waals surface area contributed by atoms with Crippen LogP contribution in [0.25, 0.3) is 10.4 Å². The Morgan fingerprint density at radius 2 is 2.50 bits per heavy atom. The molecular weight excluding hydrogens is 186 g/mol. The van der Waals surface area contributed by atoms with Crippen molar-refractivity contribution in [2.75, 3.05) is 6.54 Å². The molecule has 5 unspecified atom stereocenters. The van der Waals surface area contributed by atoms with Crippen molar-refractivity contribution in [1.82, 2.24) is 0 Å². The van der Waals surface area contributed by atoms with Crippen molar-refractivity contribution in [2.24, 2.45) is 15.8 Å². The SMILES string of the molecule is [N-]=[N+]=NC1C2CN=CC(O2)C(N)C1O. The monoisotopic (exact) mass is 197 g/mol. The largest absolute Gasteiger partial charge is 0.391 e. The Morgan fingerprint density at radius 1 is 1.71 bits per heavy atom. The van der Waals surface area contributed by atoms with E-state index in [1.807, 2.05) is 0 Å². The van der Waals surface area contributed by atoms with Crippen molar-refractivity contribution in [3.63, 3.8) is 0 Å². The fourth-order valence-corrected chi connectivity index (χ4v) is 1.77. The number of aliphatic hydroxyl groups is 1. The van der Waals surface area contributed by atoms with E-state index in [2.05, 4.69) is 15.0 Å². The second-order valence-corrected chi connectivity index (χ2v) is 3.42. The summed E-state index contributed by atoms with van der Waals surface area (Å²) in [6, 6.07) is -1.21. The molecule has 7 nitrogen and oxygen atoms in total. The van der Waals surface area contributed by atoms with E-state index in [1.165, 1.54) is 0 Å². The number of ether oxygens (including phenoxy) is 1. The first kappa shape index (κ1) is 9.42. The maximum atomic E-state index is 9.74. The van der Waals surface area contributed by atoms with Gasteiger partial charge in [-0.15, -0.1) is 0 Å². The fourth-order valence-electron chi connectivity index (χ4n) is 1.77. The first-order valence-electron chi connectivity index (χ1n) is 4.37. The summed E-state index contributed by atoms with van der Waals surface area (Å²) in [7, 11) is 0. The summed E-state index contributed by atoms with van der Waals surface area (Å²) in [6.45, 7) is 0.407. The Morgan fingerprint density at radius 3 is 3.21 bits per heavy atom. The standard InChI is InChI=1S/C7H11N5O2/c8-5-3-1-10-2-4(14-3)6(7(5)13)11-12-9/h1,3-7,13H,2,8H2. The highest BCUT2D eigenvalue weighted by molar-refractivity contribution is 5.65. The van der Waals surface area contributed by atoms with Gasteiger partial charge in [0, 0.05) is 11.1 Å². The highest BCUT2D eigenvalue weighted by Crippen LogP contribution is 2.24. The van der Waals surface area contributed by atoms with E-state index in [4.69, 9.17) is 16.0 Å². The maximum absolute atomic E-state index is 9.74. The topological polar surface area (TPSA) is 117 Å². The first-order chi connectivity index (χ1) is 6.74. The van der Waals surface area contributed by atoms with Crippen molar-refractivity contribution < 1.29 is 9.84 Å². The van der Waals surface area contributed by atoms with Gasteiger partial charge in [-0.2, -0.15) is 0 Å². The van der Waals surface area contributed by atoms with Gasteiger partial charge in [0.25, 0.3) is 0 Å². The zero-order valence-corrected chi connectivity index (χ0v) is 7.39. The summed E-state index contributed by atoms with van der Waals surface area (Å²) in [5.41, 5.74) is 14.0. The number of rotatable bonds is 1. The zero-order chi connectivity index (χ0) is 10.1. The van der Waals surface area contributed by atoms with Crippen LogP contribution < -0.4 is 5.73 Å². The van der Waals surface area contributed by atoms with Gasteiger partial charge in [-0.05, 0) is 5.53 Å². The van der Waals surface area contributed by atoms with E-state index in [0.717, 1.165) is 0 Å². The summed E-state index contributed by atoms with van der Waals surface area (Å²) in [6.07, 6.45) is 0.0162. The van der Waals surface area contributed by atoms with Crippen molar-refractivity contribution in [2.45, 2.75) is 30.4 Å². The van der Waals surface area contributed by atoms with E-state index in [-0.39, 0.29) is 12.2 Å². The van der Waals surface area contributed by atoms with Crippen LogP contribution in [0.5, 0.6) is 0 Å². The van der Waals surface area contributed by atoms with Gasteiger partial charge >= 0.3 is 0 Å². The predicted molar refractivity (Wildman–Crippen MR) is 48.9 cm³/mol. The molecule has 2 heterocycles. The van der Waals surface area contributed by atoms with Crippen LogP contribution in [0, 0.1) is 0 Å². The summed E-state index contributed by atoms with van der Waals surface area (Å²) in [4.78, 5) is 6.72. The minimum atomic E-state index is -0.860. The van der Waals surface area contributed by atoms with Gasteiger partial charge in [-0.1, -0.05) is 5.11 Å². The van der Waals surface area contributed by atoms with E-state index < -0.39 is 18.2 Å². The summed E-state index contributed by atoms with van der Waals surface area (Å²) >= 11 is 0. The lowest BCUT2D eigenvalue weighted by atomic mass is 9.91. The molecule has 7 heteroatoms. The lowest BCUT2D eigenvalue weighted by Gasteiger charge is -2.42. The molecule has 2 aliphatic heterocycles. The minimum Gasteiger partial charge on any atom is -0.391 e. The smallest absolute Gasteiger partial charge is 0.110 e. The molecule has 76 valence electrons. The number of fused-ring (bicyclic) bond motifs is 2. The number of nitrogens with zero attached hydrogens (tertiary/aromatic N) is 4. The van der Waals surface area contributed by atoms with Crippen molar-refractivity contribution >= 4 is 6.21 Å². The third kappa shape index (κ3) is 1.36. The average Bonchev–Trinajstić information content (AvgIpc) is 2.22. The molecule has 14 heavy (non-hydrogen) atoms. The van der Waals surface area contributed by atoms with Gasteiger partial charge in [0.1, 0.15) is 6.10 Å². The maximum Gasteiger partial charge on any atom is 0.110 e. The Hall–Kier alpha value is -1.14. The molecule has 1 saturated heterocycles. The van der Waals surface area contributed by atoms with Crippen LogP contribution in [-0.4, -0.2) is 48.3 Å². The van der Waals surface area contributed by atoms with Crippen LogP contribution >= 0.6 is 0 Å². The third-order valence-corrected chi connectivity index (χ3v) is 2.56. The molecule has 0 aromatic heterocycles. The highest BCUT2D eigenvalue weighted by Gasteiger charge is 2.43. The van der Waals surface area contributed by atoms with E-state index in [9.17, 15) is 5.11 Å². The second kappa shape index (κ2) is 3.55. The first-order valence-corrected chi connectivity index (χ1v) is 4.37. The van der Waals surface area contributed by atoms with Crippen molar-refractivity contribution in [3.8, 4) is 0 Å². The van der Waals surface area contributed by atoms with Gasteiger partial charge in [0.2, 0.25) is 0 Å². The number of aliphatic hydroxyl groups excluding tert-OH is 1. The molecule has 0 aliphatic carbocycles. The molecular formula is C7H11N5O2. The number of azide groups is 1. The van der Waals surface area contributed by atoms with Crippen molar-refractivity contribution in [1.29, 1.82) is 0 Å². The van der Waals surface area contributed by atoms with Gasteiger partial charge in [-0.25, -0.2) is 0 Å². The van der Waals surface area contributed by atoms with Gasteiger partial charge in [-0.3, -0.25) is 4.99 Å². The van der Waals surface area contributed by atoms with Crippen LogP contribution in [-0.2, 0) is 4.74 Å². The van der Waals surface area contributed by atoms with Crippen molar-refractivity contribution in [3.05, 3.63) is 10.4 Å². The molecule has 5 atom stereocenters. The summed E-state index contributed by atoms with van der Waals surface area (Å²) in [5, 5.41) is 13.2. The van der Waals surface area contributed by atoms with Gasteiger partial charge in [0.05, 0.1) is 30.8 Å². The molecule has 0 radical (unpaired) electrons. The molecule has 1 fully saturated rings. The molecule has 0 saturated carbocycles. The molecule has 3 N–H and O–H groups in total. The predicted octanol–water partition coefficient (Wildman–Crippen LogP) is -0.795. The lowest BCUT2D eigenvalue weighted by molar-refractivity contribution is -0.0947. The summed E-state index contributed by atoms with van der Waals surface area (Å²) < 4.78 is 5.47. The van der Waals surface area contributed by atoms with E-state index in [1.54, 1.807) is 6.21 Å². The summed E-state index contributed by atoms with van der Waals surface area (Å²) in [5.74, 6) is 0. The average molecular weight is 197 g/mol. The van der Waals surface area contributed by atoms with Crippen LogP contribution in [0.2, 0.25) is 0 Å². The Balaban J connectivity index is 2.26. The number of hydrogen-bond acceptors (Lipinski definition) is 5. The quantitative estimate of drug-likeness (QED) is 0.325. The van der Waals surface area contributed by atoms with Gasteiger partial charge in [0.15, 0.2) is 0 Å². The molecule has 2 bridgehead atoms. The van der Waals surface area contributed by atoms with Crippen LogP contribution in [0.4, 0.5) is 0 Å². The Bertz CT molecular complexity index is 300. The highest BCUT2D eigenvalue weighted by atomic mass is 16.5. The van der Waals surface area contributed by atoms with Crippen LogP contribution in [0.3, 0.4) is 0 Å². The van der Waals surface area contributed by atoms with Gasteiger partial charge < -0.3 is 15.6 Å². The van der Waals surface area contributed by atoms with Crippen LogP contribution in [0.15, 0.2) is 10.1 Å². The zero-order valence-electron chi connectivity index (χ0n) is 7.39. The lowest BCUT2D eigenvalue weighted by Crippen LogP contribution is -2.62. The minimum absolute atomic E-state index is 0.351. The van der Waals surface area contributed by atoms with E-state index in [0.29, 0.717) is 6.54 Å². The molecule has 0 spiro atoms. The molecule has 0 aromatic carbocycles. The normalized spacial score (nSPS) is 45.7. The Kier molecular flexibility index (Phi) is 2.39. The number of hydrogen-bond donors (Lipinski definition) is 2. The number of aliphatic imine (C=N–C) groups is 1. The van der Waals surface area contributed by atoms with Crippen LogP contribution in [0.1, 0.15) is 0 Å². The Labute approximate surface area is 80.2 Å².